The van der Waals surface area contributed by atoms with Gasteiger partial charge in [0.2, 0.25) is 0 Å². The SMILES string of the molecule is COc1ccc2cc3c(nc2c1)N(c1ccc(C(=O)NNC(=O)c2ccc(C)cc2)cc1)CC3. The standard InChI is InChI=1S/C27H24N4O3/c1-17-3-5-18(6-4-17)26(32)29-30-27(33)19-7-10-22(11-8-19)31-14-13-21-15-20-9-12-23(34-2)16-24(20)28-25(21)31/h3-12,15-16H,13-14H2,1-2H3,(H,29,32)(H,30,33). The van der Waals surface area contributed by atoms with Crippen molar-refractivity contribution in [3.8, 4) is 5.75 Å². The van der Waals surface area contributed by atoms with Crippen LogP contribution in [0.4, 0.5) is 11.5 Å². The van der Waals surface area contributed by atoms with Gasteiger partial charge in [-0.1, -0.05) is 17.7 Å². The third-order valence-electron chi connectivity index (χ3n) is 5.99. The number of methoxy groups -OCH3 is 1. The van der Waals surface area contributed by atoms with Gasteiger partial charge in [-0.05, 0) is 73.5 Å². The first-order valence-corrected chi connectivity index (χ1v) is 11.0. The summed E-state index contributed by atoms with van der Waals surface area (Å²) in [6.45, 7) is 2.76. The molecular weight excluding hydrogens is 428 g/mol. The summed E-state index contributed by atoms with van der Waals surface area (Å²) in [5, 5.41) is 1.08. The van der Waals surface area contributed by atoms with Gasteiger partial charge in [0, 0.05) is 34.8 Å². The van der Waals surface area contributed by atoms with Gasteiger partial charge in [0.05, 0.1) is 12.6 Å². The van der Waals surface area contributed by atoms with Crippen molar-refractivity contribution >= 4 is 34.2 Å². The predicted molar refractivity (Wildman–Crippen MR) is 132 cm³/mol. The fraction of sp³-hybridized carbons (Fsp3) is 0.148. The van der Waals surface area contributed by atoms with Crippen molar-refractivity contribution in [1.82, 2.24) is 15.8 Å². The smallest absolute Gasteiger partial charge is 0.269 e. The van der Waals surface area contributed by atoms with Crippen molar-refractivity contribution in [2.24, 2.45) is 0 Å². The number of fused-ring (bicyclic) bond motifs is 2. The van der Waals surface area contributed by atoms with Gasteiger partial charge in [-0.25, -0.2) is 4.98 Å². The molecule has 0 spiro atoms. The Morgan fingerprint density at radius 1 is 0.882 bits per heavy atom. The van der Waals surface area contributed by atoms with Crippen LogP contribution in [0.1, 0.15) is 31.8 Å². The Labute approximate surface area is 197 Å². The summed E-state index contributed by atoms with van der Waals surface area (Å²) in [7, 11) is 1.65. The molecule has 170 valence electrons. The highest BCUT2D eigenvalue weighted by Gasteiger charge is 2.23. The molecule has 2 N–H and O–H groups in total. The van der Waals surface area contributed by atoms with Crippen LogP contribution in [0, 0.1) is 6.92 Å². The van der Waals surface area contributed by atoms with Crippen molar-refractivity contribution in [1.29, 1.82) is 0 Å². The molecule has 7 nitrogen and oxygen atoms in total. The number of benzene rings is 3. The molecular formula is C27H24N4O3. The highest BCUT2D eigenvalue weighted by molar-refractivity contribution is 5.99. The molecule has 0 atom stereocenters. The minimum atomic E-state index is -0.384. The Hall–Kier alpha value is -4.39. The predicted octanol–water partition coefficient (Wildman–Crippen LogP) is 4.32. The number of amides is 2. The van der Waals surface area contributed by atoms with E-state index in [9.17, 15) is 9.59 Å². The summed E-state index contributed by atoms with van der Waals surface area (Å²) in [6, 6.07) is 22.5. The number of pyridine rings is 1. The first kappa shape index (κ1) is 21.5. The van der Waals surface area contributed by atoms with Crippen LogP contribution in [-0.4, -0.2) is 30.5 Å². The number of carbonyl (C=O) groups excluding carboxylic acids is 2. The highest BCUT2D eigenvalue weighted by atomic mass is 16.5. The molecule has 0 saturated heterocycles. The molecule has 0 fully saturated rings. The van der Waals surface area contributed by atoms with E-state index in [1.165, 1.54) is 5.56 Å². The second-order valence-electron chi connectivity index (χ2n) is 8.25. The second-order valence-corrected chi connectivity index (χ2v) is 8.25. The molecule has 1 aliphatic rings. The van der Waals surface area contributed by atoms with Gasteiger partial charge in [-0.15, -0.1) is 0 Å². The summed E-state index contributed by atoms with van der Waals surface area (Å²) in [5.74, 6) is 0.941. The van der Waals surface area contributed by atoms with Gasteiger partial charge in [0.1, 0.15) is 11.6 Å². The molecule has 34 heavy (non-hydrogen) atoms. The molecule has 0 bridgehead atoms. The molecule has 4 aromatic rings. The number of ether oxygens (including phenoxy) is 1. The van der Waals surface area contributed by atoms with E-state index in [4.69, 9.17) is 9.72 Å². The van der Waals surface area contributed by atoms with Gasteiger partial charge in [-0.2, -0.15) is 0 Å². The van der Waals surface area contributed by atoms with Crippen LogP contribution < -0.4 is 20.5 Å². The molecule has 5 rings (SSSR count). The normalized spacial score (nSPS) is 12.4. The average Bonchev–Trinajstić information content (AvgIpc) is 3.28. The van der Waals surface area contributed by atoms with Gasteiger partial charge < -0.3 is 9.64 Å². The van der Waals surface area contributed by atoms with E-state index in [1.54, 1.807) is 31.4 Å². The molecule has 2 heterocycles. The highest BCUT2D eigenvalue weighted by Crippen LogP contribution is 2.35. The summed E-state index contributed by atoms with van der Waals surface area (Å²) in [4.78, 5) is 31.8. The van der Waals surface area contributed by atoms with Crippen molar-refractivity contribution in [3.63, 3.8) is 0 Å². The summed E-state index contributed by atoms with van der Waals surface area (Å²) < 4.78 is 5.34. The van der Waals surface area contributed by atoms with E-state index < -0.39 is 0 Å². The number of aryl methyl sites for hydroxylation is 1. The fourth-order valence-corrected chi connectivity index (χ4v) is 4.07. The van der Waals surface area contributed by atoms with Crippen LogP contribution in [0.25, 0.3) is 10.9 Å². The number of hydrazine groups is 1. The lowest BCUT2D eigenvalue weighted by molar-refractivity contribution is 0.0846. The number of nitrogens with one attached hydrogen (secondary N) is 2. The third-order valence-corrected chi connectivity index (χ3v) is 5.99. The lowest BCUT2D eigenvalue weighted by Gasteiger charge is -2.19. The fourth-order valence-electron chi connectivity index (χ4n) is 4.07. The second kappa shape index (κ2) is 8.86. The van der Waals surface area contributed by atoms with Crippen molar-refractivity contribution < 1.29 is 14.3 Å². The molecule has 7 heteroatoms. The summed E-state index contributed by atoms with van der Waals surface area (Å²) in [5.41, 5.74) is 9.94. The molecule has 0 aliphatic carbocycles. The maximum absolute atomic E-state index is 12.5. The topological polar surface area (TPSA) is 83.6 Å². The van der Waals surface area contributed by atoms with Crippen molar-refractivity contribution in [3.05, 3.63) is 95.1 Å². The van der Waals surface area contributed by atoms with Crippen LogP contribution in [0.15, 0.2) is 72.8 Å². The minimum Gasteiger partial charge on any atom is -0.497 e. The number of hydrogen-bond acceptors (Lipinski definition) is 5. The maximum atomic E-state index is 12.5. The van der Waals surface area contributed by atoms with Crippen LogP contribution in [0.3, 0.4) is 0 Å². The lowest BCUT2D eigenvalue weighted by Crippen LogP contribution is -2.41. The Kier molecular flexibility index (Phi) is 5.59. The largest absolute Gasteiger partial charge is 0.497 e. The third kappa shape index (κ3) is 4.15. The minimum absolute atomic E-state index is 0.367. The van der Waals surface area contributed by atoms with Gasteiger partial charge >= 0.3 is 0 Å². The summed E-state index contributed by atoms with van der Waals surface area (Å²) >= 11 is 0. The molecule has 2 amide bonds. The van der Waals surface area contributed by atoms with Crippen LogP contribution in [0.5, 0.6) is 5.75 Å². The van der Waals surface area contributed by atoms with E-state index in [0.717, 1.165) is 46.7 Å². The summed E-state index contributed by atoms with van der Waals surface area (Å²) in [6.07, 6.45) is 0.900. The van der Waals surface area contributed by atoms with Gasteiger partial charge in [0.25, 0.3) is 11.8 Å². The Bertz CT molecular complexity index is 1380. The number of carbonyl (C=O) groups is 2. The average molecular weight is 453 g/mol. The van der Waals surface area contributed by atoms with Crippen LogP contribution >= 0.6 is 0 Å². The Morgan fingerprint density at radius 2 is 1.53 bits per heavy atom. The number of anilines is 2. The monoisotopic (exact) mass is 452 g/mol. The number of nitrogens with zero attached hydrogens (tertiary/aromatic N) is 2. The molecule has 0 saturated carbocycles. The van der Waals surface area contributed by atoms with E-state index in [0.29, 0.717) is 11.1 Å². The zero-order chi connectivity index (χ0) is 23.7. The first-order chi connectivity index (χ1) is 16.5. The number of hydrogen-bond donors (Lipinski definition) is 2. The molecule has 1 aliphatic heterocycles. The molecule has 0 unspecified atom stereocenters. The molecule has 0 radical (unpaired) electrons. The van der Waals surface area contributed by atoms with Gasteiger partial charge in [-0.3, -0.25) is 20.4 Å². The number of aromatic nitrogens is 1. The molecule has 1 aromatic heterocycles. The van der Waals surface area contributed by atoms with E-state index in [1.807, 2.05) is 49.4 Å². The van der Waals surface area contributed by atoms with E-state index in [2.05, 4.69) is 21.8 Å². The first-order valence-electron chi connectivity index (χ1n) is 11.0. The van der Waals surface area contributed by atoms with E-state index >= 15 is 0 Å². The Morgan fingerprint density at radius 3 is 2.18 bits per heavy atom. The Balaban J connectivity index is 1.29. The van der Waals surface area contributed by atoms with Crippen molar-refractivity contribution in [2.45, 2.75) is 13.3 Å². The zero-order valence-electron chi connectivity index (χ0n) is 19.0. The number of rotatable bonds is 4. The zero-order valence-corrected chi connectivity index (χ0v) is 19.0. The quantitative estimate of drug-likeness (QED) is 0.451. The van der Waals surface area contributed by atoms with Crippen LogP contribution in [-0.2, 0) is 6.42 Å². The maximum Gasteiger partial charge on any atom is 0.269 e. The van der Waals surface area contributed by atoms with Crippen LogP contribution in [0.2, 0.25) is 0 Å². The van der Waals surface area contributed by atoms with Crippen molar-refractivity contribution in [2.75, 3.05) is 18.6 Å². The molecule has 3 aromatic carbocycles. The van der Waals surface area contributed by atoms with E-state index in [-0.39, 0.29) is 11.8 Å². The lowest BCUT2D eigenvalue weighted by atomic mass is 10.1. The van der Waals surface area contributed by atoms with Gasteiger partial charge in [0.15, 0.2) is 0 Å².